The van der Waals surface area contributed by atoms with E-state index in [1.807, 2.05) is 19.1 Å². The molecule has 0 aliphatic heterocycles. The number of carbonyl (C=O) groups is 1. The van der Waals surface area contributed by atoms with Gasteiger partial charge in [0.2, 0.25) is 0 Å². The fourth-order valence-electron chi connectivity index (χ4n) is 2.50. The van der Waals surface area contributed by atoms with Crippen LogP contribution in [0.2, 0.25) is 0 Å². The molecular formula is C15H20N2OPSTl-. The van der Waals surface area contributed by atoms with Crippen LogP contribution in [0.4, 0.5) is 0 Å². The van der Waals surface area contributed by atoms with Crippen LogP contribution < -0.4 is 5.32 Å². The van der Waals surface area contributed by atoms with Gasteiger partial charge in [0.15, 0.2) is 0 Å². The van der Waals surface area contributed by atoms with Crippen molar-refractivity contribution in [3.63, 3.8) is 0 Å². The van der Waals surface area contributed by atoms with Crippen LogP contribution in [0.25, 0.3) is 0 Å². The summed E-state index contributed by atoms with van der Waals surface area (Å²) in [5.74, 6) is 3.51. The number of amides is 1. The van der Waals surface area contributed by atoms with Gasteiger partial charge in [-0.05, 0) is 0 Å². The summed E-state index contributed by atoms with van der Waals surface area (Å²) in [6.45, 7) is 1.89. The Morgan fingerprint density at radius 1 is 1.48 bits per heavy atom. The number of pyridine rings is 1. The van der Waals surface area contributed by atoms with Gasteiger partial charge in [-0.3, -0.25) is 0 Å². The fourth-order valence-corrected chi connectivity index (χ4v) is 2.91. The van der Waals surface area contributed by atoms with Crippen LogP contribution in [-0.2, 0) is 10.7 Å². The number of nitrogens with zero attached hydrogens (tertiary/aromatic N) is 1. The van der Waals surface area contributed by atoms with E-state index in [1.165, 1.54) is 0 Å². The SMILES string of the molecule is Cc1cccc(C(=O)NC2CCCC(C#C[SH-]#P)C2)n1.[TlH2]. The first-order chi connectivity index (χ1) is 9.69. The number of hydrogen-bond acceptors (Lipinski definition) is 3. The summed E-state index contributed by atoms with van der Waals surface area (Å²) in [5, 5.41) is 6.07. The Balaban J connectivity index is 0.00000220. The van der Waals surface area contributed by atoms with Gasteiger partial charge in [0, 0.05) is 0 Å². The molecular weight excluding hydrogens is 492 g/mol. The molecule has 1 fully saturated rings. The maximum absolute atomic E-state index is 12.2. The van der Waals surface area contributed by atoms with Crippen molar-refractivity contribution >= 4 is 51.8 Å². The van der Waals surface area contributed by atoms with Crippen LogP contribution in [-0.4, -0.2) is 44.2 Å². The molecule has 0 aromatic carbocycles. The molecule has 111 valence electrons. The third-order valence-electron chi connectivity index (χ3n) is 3.45. The standard InChI is InChI=1S/C15H18N2OPS.Tl.2H/c1-11-4-2-7-14(16-11)15(18)17-13-6-3-5-12(10-13)8-9-20-19;;;/h2,4,7,12-13,20H,3,5-6,10H2,1H3,(H,17,18);;;/q-1;;;. The third kappa shape index (κ3) is 6.25. The average molecular weight is 512 g/mol. The summed E-state index contributed by atoms with van der Waals surface area (Å²) in [6, 6.07) is 5.70. The average Bonchev–Trinajstić information content (AvgIpc) is 2.45. The van der Waals surface area contributed by atoms with E-state index in [9.17, 15) is 4.79 Å². The van der Waals surface area contributed by atoms with Crippen molar-refractivity contribution in [1.29, 1.82) is 0 Å². The summed E-state index contributed by atoms with van der Waals surface area (Å²) in [7, 11) is 4.89. The monoisotopic (exact) mass is 512 g/mol. The van der Waals surface area contributed by atoms with E-state index in [4.69, 9.17) is 0 Å². The predicted octanol–water partition coefficient (Wildman–Crippen LogP) is 1.86. The Hall–Kier alpha value is -0.118. The first-order valence-corrected chi connectivity index (χ1v) is 8.83. The minimum atomic E-state index is -0.0837. The van der Waals surface area contributed by atoms with Gasteiger partial charge in [-0.15, -0.1) is 0 Å². The van der Waals surface area contributed by atoms with E-state index in [1.54, 1.807) is 6.07 Å². The van der Waals surface area contributed by atoms with Gasteiger partial charge < -0.3 is 0 Å². The van der Waals surface area contributed by atoms with Crippen molar-refractivity contribution in [2.24, 2.45) is 5.92 Å². The first kappa shape index (κ1) is 18.9. The number of rotatable bonds is 2. The minimum absolute atomic E-state index is 0. The normalized spacial score (nSPS) is 20.6. The molecule has 1 aliphatic carbocycles. The number of nitrogens with one attached hydrogen (secondary N) is 1. The van der Waals surface area contributed by atoms with Gasteiger partial charge in [-0.1, -0.05) is 0 Å². The van der Waals surface area contributed by atoms with Crippen LogP contribution >= 0.6 is 7.81 Å². The van der Waals surface area contributed by atoms with Crippen LogP contribution in [0, 0.1) is 24.0 Å². The van der Waals surface area contributed by atoms with Crippen molar-refractivity contribution in [3.8, 4) is 11.2 Å². The number of aromatic nitrogens is 1. The summed E-state index contributed by atoms with van der Waals surface area (Å²) in [4.78, 5) is 16.4. The van der Waals surface area contributed by atoms with E-state index in [-0.39, 0.29) is 39.2 Å². The van der Waals surface area contributed by atoms with Gasteiger partial charge in [-0.25, -0.2) is 0 Å². The van der Waals surface area contributed by atoms with Crippen molar-refractivity contribution in [2.75, 3.05) is 0 Å². The van der Waals surface area contributed by atoms with Gasteiger partial charge in [0.05, 0.1) is 0 Å². The van der Waals surface area contributed by atoms with Crippen molar-refractivity contribution < 1.29 is 4.79 Å². The van der Waals surface area contributed by atoms with Gasteiger partial charge in [0.1, 0.15) is 0 Å². The number of aryl methyl sites for hydroxylation is 1. The molecule has 1 aliphatic rings. The molecule has 0 bridgehead atoms. The Labute approximate surface area is 151 Å². The Morgan fingerprint density at radius 3 is 3.00 bits per heavy atom. The number of hydrogen-bond donors (Lipinski definition) is 1. The zero-order valence-corrected chi connectivity index (χ0v) is 22.0. The van der Waals surface area contributed by atoms with E-state index < -0.39 is 0 Å². The molecule has 1 N–H and O–H groups in total. The van der Waals surface area contributed by atoms with E-state index in [0.29, 0.717) is 11.6 Å². The molecule has 6 heteroatoms. The Morgan fingerprint density at radius 2 is 2.29 bits per heavy atom. The van der Waals surface area contributed by atoms with Crippen LogP contribution in [0.5, 0.6) is 0 Å². The topological polar surface area (TPSA) is 42.0 Å². The van der Waals surface area contributed by atoms with Gasteiger partial charge in [0.25, 0.3) is 0 Å². The molecule has 0 spiro atoms. The van der Waals surface area contributed by atoms with E-state index in [2.05, 4.69) is 29.3 Å². The molecule has 1 radical (unpaired) electrons. The maximum atomic E-state index is 12.2. The summed E-state index contributed by atoms with van der Waals surface area (Å²) in [6.07, 6.45) is 4.17. The summed E-state index contributed by atoms with van der Waals surface area (Å²) in [5.41, 5.74) is 1.35. The molecule has 1 aromatic heterocycles. The van der Waals surface area contributed by atoms with Gasteiger partial charge in [-0.2, -0.15) is 0 Å². The van der Waals surface area contributed by atoms with Gasteiger partial charge >= 0.3 is 152 Å². The van der Waals surface area contributed by atoms with Crippen molar-refractivity contribution in [2.45, 2.75) is 38.6 Å². The molecule has 0 saturated heterocycles. The van der Waals surface area contributed by atoms with Crippen molar-refractivity contribution in [3.05, 3.63) is 29.6 Å². The molecule has 1 saturated carbocycles. The Kier molecular flexibility index (Phi) is 8.84. The fraction of sp³-hybridized carbons (Fsp3) is 0.467. The zero-order chi connectivity index (χ0) is 14.4. The molecule has 1 heterocycles. The molecule has 1 aromatic rings. The number of thiol groups is 1. The van der Waals surface area contributed by atoms with Crippen LogP contribution in [0.1, 0.15) is 41.9 Å². The molecule has 1 amide bonds. The second kappa shape index (κ2) is 9.81. The zero-order valence-electron chi connectivity index (χ0n) is 12.5. The third-order valence-corrected chi connectivity index (χ3v) is 3.98. The van der Waals surface area contributed by atoms with Crippen molar-refractivity contribution in [1.82, 2.24) is 10.3 Å². The van der Waals surface area contributed by atoms with E-state index in [0.717, 1.165) is 42.1 Å². The molecule has 2 atom stereocenters. The van der Waals surface area contributed by atoms with E-state index >= 15 is 0 Å². The summed E-state index contributed by atoms with van der Waals surface area (Å²) < 4.78 is 0. The predicted molar refractivity (Wildman–Crippen MR) is 94.2 cm³/mol. The first-order valence-electron chi connectivity index (χ1n) is 6.78. The Bertz CT molecular complexity index is 606. The molecule has 2 rings (SSSR count). The summed E-state index contributed by atoms with van der Waals surface area (Å²) >= 11 is 0. The number of carbonyl (C=O) groups excluding carboxylic acids is 1. The van der Waals surface area contributed by atoms with Crippen LogP contribution in [0.3, 0.4) is 0 Å². The quantitative estimate of drug-likeness (QED) is 0.217. The molecule has 2 unspecified atom stereocenters. The molecule has 21 heavy (non-hydrogen) atoms. The van der Waals surface area contributed by atoms with Crippen LogP contribution in [0.15, 0.2) is 18.2 Å². The second-order valence-corrected chi connectivity index (χ2v) is 6.08. The second-order valence-electron chi connectivity index (χ2n) is 5.05. The molecule has 3 nitrogen and oxygen atoms in total.